The Morgan fingerprint density at radius 2 is 1.89 bits per heavy atom. The van der Waals surface area contributed by atoms with Crippen LogP contribution in [0.1, 0.15) is 26.3 Å². The molecule has 0 saturated heterocycles. The first-order valence-corrected chi connectivity index (χ1v) is 10.1. The van der Waals surface area contributed by atoms with E-state index in [0.29, 0.717) is 11.3 Å². The van der Waals surface area contributed by atoms with Crippen LogP contribution < -0.4 is 9.50 Å². The molecule has 0 fully saturated rings. The summed E-state index contributed by atoms with van der Waals surface area (Å²) in [7, 11) is -3.62. The van der Waals surface area contributed by atoms with Crippen molar-refractivity contribution in [3.63, 3.8) is 0 Å². The van der Waals surface area contributed by atoms with Crippen molar-refractivity contribution in [2.75, 3.05) is 11.1 Å². The van der Waals surface area contributed by atoms with E-state index in [1.807, 2.05) is 13.8 Å². The molecular formula is C19H23FN2O4S. The molecule has 0 atom stereocenters. The molecule has 8 heteroatoms. The highest BCUT2D eigenvalue weighted by atomic mass is 32.2. The third-order valence-corrected chi connectivity index (χ3v) is 4.94. The fraction of sp³-hybridized carbons (Fsp3) is 0.316. The summed E-state index contributed by atoms with van der Waals surface area (Å²) >= 11 is 0. The van der Waals surface area contributed by atoms with Crippen LogP contribution >= 0.6 is 0 Å². The first-order chi connectivity index (χ1) is 12.7. The average Bonchev–Trinajstić information content (AvgIpc) is 2.59. The zero-order valence-electron chi connectivity index (χ0n) is 15.5. The molecular weight excluding hydrogens is 371 g/mol. The van der Waals surface area contributed by atoms with E-state index >= 15 is 0 Å². The molecule has 2 aromatic rings. The van der Waals surface area contributed by atoms with E-state index in [9.17, 15) is 17.6 Å². The summed E-state index contributed by atoms with van der Waals surface area (Å²) in [6, 6.07) is 11.7. The zero-order chi connectivity index (χ0) is 20.0. The van der Waals surface area contributed by atoms with Crippen LogP contribution in [-0.4, -0.2) is 31.1 Å². The molecule has 0 aliphatic heterocycles. The molecule has 146 valence electrons. The molecule has 0 aliphatic carbocycles. The van der Waals surface area contributed by atoms with Gasteiger partial charge < -0.3 is 14.4 Å². The highest BCUT2D eigenvalue weighted by Crippen LogP contribution is 2.19. The number of benzene rings is 2. The van der Waals surface area contributed by atoms with Crippen LogP contribution in [0.15, 0.2) is 48.5 Å². The Morgan fingerprint density at radius 3 is 2.52 bits per heavy atom. The van der Waals surface area contributed by atoms with Crippen molar-refractivity contribution in [3.05, 3.63) is 59.9 Å². The van der Waals surface area contributed by atoms with Crippen molar-refractivity contribution in [3.8, 4) is 5.75 Å². The monoisotopic (exact) mass is 394 g/mol. The third kappa shape index (κ3) is 6.25. The van der Waals surface area contributed by atoms with Gasteiger partial charge in [-0.2, -0.15) is 8.42 Å². The van der Waals surface area contributed by atoms with Gasteiger partial charge in [-0.1, -0.05) is 18.2 Å². The lowest BCUT2D eigenvalue weighted by molar-refractivity contribution is 0.193. The molecule has 2 rings (SSSR count). The second-order valence-corrected chi connectivity index (χ2v) is 8.10. The predicted molar refractivity (Wildman–Crippen MR) is 103 cm³/mol. The Morgan fingerprint density at radius 1 is 1.19 bits per heavy atom. The Balaban J connectivity index is 2.15. The molecule has 0 spiro atoms. The fourth-order valence-corrected chi connectivity index (χ4v) is 2.86. The smallest absolute Gasteiger partial charge is 0.322 e. The Kier molecular flexibility index (Phi) is 6.79. The van der Waals surface area contributed by atoms with Crippen molar-refractivity contribution in [2.45, 2.75) is 33.4 Å². The van der Waals surface area contributed by atoms with Crippen molar-refractivity contribution < 1.29 is 21.8 Å². The lowest BCUT2D eigenvalue weighted by atomic mass is 10.2. The van der Waals surface area contributed by atoms with Crippen molar-refractivity contribution in [1.29, 1.82) is 0 Å². The molecule has 2 amide bonds. The minimum absolute atomic E-state index is 0.134. The number of urea groups is 1. The molecule has 1 N–H and O–H groups in total. The summed E-state index contributed by atoms with van der Waals surface area (Å²) in [5.74, 6) is -0.375. The van der Waals surface area contributed by atoms with Gasteiger partial charge in [0.05, 0.1) is 5.75 Å². The van der Waals surface area contributed by atoms with Gasteiger partial charge in [-0.05, 0) is 56.7 Å². The SMILES string of the molecule is CCS(=O)(=O)Oc1cccc(CN(C(=O)Nc2cccc(F)c2)C(C)C)c1. The molecule has 0 saturated carbocycles. The number of hydrogen-bond donors (Lipinski definition) is 1. The third-order valence-electron chi connectivity index (χ3n) is 3.79. The maximum Gasteiger partial charge on any atom is 0.322 e. The number of amides is 2. The molecule has 0 bridgehead atoms. The van der Waals surface area contributed by atoms with E-state index < -0.39 is 15.9 Å². The number of carbonyl (C=O) groups is 1. The van der Waals surface area contributed by atoms with E-state index in [0.717, 1.165) is 0 Å². The summed E-state index contributed by atoms with van der Waals surface area (Å²) in [5.41, 5.74) is 1.07. The van der Waals surface area contributed by atoms with Crippen LogP contribution in [0.2, 0.25) is 0 Å². The summed E-state index contributed by atoms with van der Waals surface area (Å²) < 4.78 is 41.6. The van der Waals surface area contributed by atoms with Crippen LogP contribution in [0.3, 0.4) is 0 Å². The van der Waals surface area contributed by atoms with Gasteiger partial charge in [0.2, 0.25) is 0 Å². The maximum absolute atomic E-state index is 13.3. The van der Waals surface area contributed by atoms with E-state index in [-0.39, 0.29) is 30.1 Å². The average molecular weight is 394 g/mol. The molecule has 6 nitrogen and oxygen atoms in total. The molecule has 0 radical (unpaired) electrons. The number of rotatable bonds is 7. The van der Waals surface area contributed by atoms with Crippen LogP contribution in [0, 0.1) is 5.82 Å². The van der Waals surface area contributed by atoms with Gasteiger partial charge in [0.15, 0.2) is 0 Å². The fourth-order valence-electron chi connectivity index (χ4n) is 2.35. The highest BCUT2D eigenvalue weighted by molar-refractivity contribution is 7.87. The Bertz CT molecular complexity index is 900. The summed E-state index contributed by atoms with van der Waals surface area (Å²) in [4.78, 5) is 14.1. The first-order valence-electron chi connectivity index (χ1n) is 8.54. The molecule has 2 aromatic carbocycles. The zero-order valence-corrected chi connectivity index (χ0v) is 16.3. The quantitative estimate of drug-likeness (QED) is 0.721. The Hall–Kier alpha value is -2.61. The van der Waals surface area contributed by atoms with Gasteiger partial charge in [0.25, 0.3) is 0 Å². The van der Waals surface area contributed by atoms with Crippen LogP contribution in [-0.2, 0) is 16.7 Å². The predicted octanol–water partition coefficient (Wildman–Crippen LogP) is 4.00. The minimum Gasteiger partial charge on any atom is -0.382 e. The molecule has 0 heterocycles. The van der Waals surface area contributed by atoms with E-state index in [1.165, 1.54) is 25.1 Å². The topological polar surface area (TPSA) is 75.7 Å². The molecule has 0 aromatic heterocycles. The number of anilines is 1. The standard InChI is InChI=1S/C19H23FN2O4S/c1-4-27(24,25)26-18-10-5-7-15(11-18)13-22(14(2)3)19(23)21-17-9-6-8-16(20)12-17/h5-12,14H,4,13H2,1-3H3,(H,21,23). The van der Waals surface area contributed by atoms with Crippen molar-refractivity contribution >= 4 is 21.8 Å². The molecule has 0 aliphatic rings. The van der Waals surface area contributed by atoms with Gasteiger partial charge in [-0.15, -0.1) is 0 Å². The van der Waals surface area contributed by atoms with Crippen LogP contribution in [0.4, 0.5) is 14.9 Å². The summed E-state index contributed by atoms with van der Waals surface area (Å²) in [5, 5.41) is 2.67. The number of nitrogens with zero attached hydrogens (tertiary/aromatic N) is 1. The number of halogens is 1. The van der Waals surface area contributed by atoms with E-state index in [1.54, 1.807) is 35.2 Å². The number of hydrogen-bond acceptors (Lipinski definition) is 4. The lowest BCUT2D eigenvalue weighted by Crippen LogP contribution is -2.39. The second-order valence-electron chi connectivity index (χ2n) is 6.24. The van der Waals surface area contributed by atoms with Gasteiger partial charge in [-0.3, -0.25) is 0 Å². The molecule has 0 unspecified atom stereocenters. The van der Waals surface area contributed by atoms with Crippen LogP contribution in [0.25, 0.3) is 0 Å². The Labute approximate surface area is 159 Å². The minimum atomic E-state index is -3.62. The largest absolute Gasteiger partial charge is 0.382 e. The lowest BCUT2D eigenvalue weighted by Gasteiger charge is -2.27. The van der Waals surface area contributed by atoms with Gasteiger partial charge in [0.1, 0.15) is 11.6 Å². The molecule has 27 heavy (non-hydrogen) atoms. The normalized spacial score (nSPS) is 11.3. The van der Waals surface area contributed by atoms with Crippen LogP contribution in [0.5, 0.6) is 5.75 Å². The second kappa shape index (κ2) is 8.85. The highest BCUT2D eigenvalue weighted by Gasteiger charge is 2.18. The number of nitrogens with one attached hydrogen (secondary N) is 1. The number of carbonyl (C=O) groups excluding carboxylic acids is 1. The summed E-state index contributed by atoms with van der Waals surface area (Å²) in [6.45, 7) is 5.44. The van der Waals surface area contributed by atoms with E-state index in [4.69, 9.17) is 4.18 Å². The van der Waals surface area contributed by atoms with Crippen molar-refractivity contribution in [2.24, 2.45) is 0 Å². The van der Waals surface area contributed by atoms with Gasteiger partial charge >= 0.3 is 16.1 Å². The van der Waals surface area contributed by atoms with Gasteiger partial charge in [0, 0.05) is 18.3 Å². The summed E-state index contributed by atoms with van der Waals surface area (Å²) in [6.07, 6.45) is 0. The van der Waals surface area contributed by atoms with Crippen molar-refractivity contribution in [1.82, 2.24) is 4.90 Å². The first kappa shape index (κ1) is 20.7. The van der Waals surface area contributed by atoms with Gasteiger partial charge in [-0.25, -0.2) is 9.18 Å². The van der Waals surface area contributed by atoms with E-state index in [2.05, 4.69) is 5.32 Å². The maximum atomic E-state index is 13.3.